The molecule has 0 aromatic carbocycles. The molecule has 0 spiro atoms. The molecule has 1 aliphatic carbocycles. The number of carbonyl (C=O) groups is 2. The molecule has 0 aliphatic heterocycles. The molecule has 0 aromatic heterocycles. The summed E-state index contributed by atoms with van der Waals surface area (Å²) >= 11 is 5.73. The molecule has 0 aromatic rings. The molecule has 0 amide bonds. The third-order valence-corrected chi connectivity index (χ3v) is 3.29. The maximum atomic E-state index is 11.3. The summed E-state index contributed by atoms with van der Waals surface area (Å²) in [5.74, 6) is -1.63. The predicted octanol–water partition coefficient (Wildman–Crippen LogP) is 2.17. The van der Waals surface area contributed by atoms with Crippen LogP contribution in [0.4, 0.5) is 0 Å². The van der Waals surface area contributed by atoms with E-state index in [0.717, 1.165) is 0 Å². The Labute approximate surface area is 99.2 Å². The minimum Gasteiger partial charge on any atom is -0.481 e. The van der Waals surface area contributed by atoms with Crippen LogP contribution in [0.3, 0.4) is 0 Å². The number of aliphatic carboxylic acids is 1. The Morgan fingerprint density at radius 1 is 1.50 bits per heavy atom. The third-order valence-electron chi connectivity index (χ3n) is 3.03. The lowest BCUT2D eigenvalue weighted by atomic mass is 9.95. The van der Waals surface area contributed by atoms with Gasteiger partial charge in [0.25, 0.3) is 0 Å². The smallest absolute Gasteiger partial charge is 0.349 e. The van der Waals surface area contributed by atoms with Crippen molar-refractivity contribution in [1.82, 2.24) is 0 Å². The summed E-state index contributed by atoms with van der Waals surface area (Å²) in [6.07, 6.45) is 1.78. The molecule has 0 radical (unpaired) electrons. The van der Waals surface area contributed by atoms with E-state index in [4.69, 9.17) is 21.4 Å². The Morgan fingerprint density at radius 2 is 2.00 bits per heavy atom. The van der Waals surface area contributed by atoms with E-state index in [1.54, 1.807) is 6.92 Å². The first-order valence-electron chi connectivity index (χ1n) is 5.06. The highest BCUT2D eigenvalue weighted by molar-refractivity contribution is 6.41. The van der Waals surface area contributed by atoms with Gasteiger partial charge in [-0.05, 0) is 24.8 Å². The minimum absolute atomic E-state index is 0.158. The number of ether oxygens (including phenoxy) is 1. The zero-order valence-corrected chi connectivity index (χ0v) is 10.3. The second-order valence-electron chi connectivity index (χ2n) is 4.55. The van der Waals surface area contributed by atoms with Gasteiger partial charge in [0.2, 0.25) is 0 Å². The molecule has 0 unspecified atom stereocenters. The van der Waals surface area contributed by atoms with Crippen LogP contribution in [-0.2, 0) is 14.3 Å². The van der Waals surface area contributed by atoms with Crippen molar-refractivity contribution in [3.63, 3.8) is 0 Å². The van der Waals surface area contributed by atoms with E-state index in [0.29, 0.717) is 6.42 Å². The van der Waals surface area contributed by atoms with Crippen molar-refractivity contribution in [3.05, 3.63) is 11.1 Å². The maximum absolute atomic E-state index is 11.3. The van der Waals surface area contributed by atoms with Crippen LogP contribution in [-0.4, -0.2) is 23.7 Å². The Kier molecular flexibility index (Phi) is 3.33. The van der Waals surface area contributed by atoms with Crippen LogP contribution in [0.2, 0.25) is 0 Å². The Hall–Kier alpha value is -1.03. The normalized spacial score (nSPS) is 27.4. The summed E-state index contributed by atoms with van der Waals surface area (Å²) in [7, 11) is 0. The fourth-order valence-electron chi connectivity index (χ4n) is 1.80. The van der Waals surface area contributed by atoms with Gasteiger partial charge in [0, 0.05) is 0 Å². The van der Waals surface area contributed by atoms with Gasteiger partial charge in [-0.2, -0.15) is 0 Å². The molecule has 1 aliphatic rings. The van der Waals surface area contributed by atoms with Crippen molar-refractivity contribution in [2.45, 2.75) is 27.2 Å². The fraction of sp³-hybridized carbons (Fsp3) is 0.636. The average molecular weight is 247 g/mol. The summed E-state index contributed by atoms with van der Waals surface area (Å²) in [6, 6.07) is 0. The van der Waals surface area contributed by atoms with Crippen molar-refractivity contribution < 1.29 is 19.4 Å². The molecule has 0 bridgehead atoms. The lowest BCUT2D eigenvalue weighted by Crippen LogP contribution is -2.19. The predicted molar refractivity (Wildman–Crippen MR) is 59.0 cm³/mol. The van der Waals surface area contributed by atoms with Crippen molar-refractivity contribution in [2.75, 3.05) is 6.61 Å². The molecule has 1 fully saturated rings. The Bertz CT molecular complexity index is 359. The molecule has 5 heteroatoms. The molecule has 1 atom stereocenters. The zero-order valence-electron chi connectivity index (χ0n) is 9.54. The van der Waals surface area contributed by atoms with Crippen molar-refractivity contribution in [1.29, 1.82) is 0 Å². The van der Waals surface area contributed by atoms with Gasteiger partial charge in [0.15, 0.2) is 0 Å². The average Bonchev–Trinajstić information content (AvgIpc) is 2.70. The van der Waals surface area contributed by atoms with E-state index in [9.17, 15) is 9.59 Å². The molecular formula is C11H15ClO4. The summed E-state index contributed by atoms with van der Waals surface area (Å²) in [4.78, 5) is 22.4. The van der Waals surface area contributed by atoms with Gasteiger partial charge in [0.05, 0.1) is 12.0 Å². The van der Waals surface area contributed by atoms with Crippen molar-refractivity contribution in [3.8, 4) is 0 Å². The van der Waals surface area contributed by atoms with Gasteiger partial charge < -0.3 is 9.84 Å². The van der Waals surface area contributed by atoms with Crippen LogP contribution in [0.25, 0.3) is 0 Å². The fourth-order valence-corrected chi connectivity index (χ4v) is 2.04. The maximum Gasteiger partial charge on any atom is 0.349 e. The van der Waals surface area contributed by atoms with Crippen LogP contribution < -0.4 is 0 Å². The van der Waals surface area contributed by atoms with E-state index in [2.05, 4.69) is 0 Å². The van der Waals surface area contributed by atoms with Crippen LogP contribution in [0.15, 0.2) is 11.1 Å². The van der Waals surface area contributed by atoms with Crippen molar-refractivity contribution >= 4 is 23.5 Å². The van der Waals surface area contributed by atoms with Crippen molar-refractivity contribution in [2.24, 2.45) is 10.8 Å². The Balaban J connectivity index is 2.90. The molecule has 0 heterocycles. The molecule has 1 rings (SSSR count). The number of rotatable bonds is 4. The molecule has 0 saturated heterocycles. The third kappa shape index (κ3) is 2.07. The second-order valence-corrected chi connectivity index (χ2v) is 4.96. The van der Waals surface area contributed by atoms with Gasteiger partial charge >= 0.3 is 11.9 Å². The highest BCUT2D eigenvalue weighted by Crippen LogP contribution is 2.65. The number of hydrogen-bond donors (Lipinski definition) is 1. The van der Waals surface area contributed by atoms with Gasteiger partial charge in [-0.3, -0.25) is 4.79 Å². The highest BCUT2D eigenvalue weighted by Gasteiger charge is 2.65. The van der Waals surface area contributed by atoms with Crippen LogP contribution in [0.5, 0.6) is 0 Å². The highest BCUT2D eigenvalue weighted by atomic mass is 35.5. The van der Waals surface area contributed by atoms with E-state index in [-0.39, 0.29) is 17.1 Å². The van der Waals surface area contributed by atoms with E-state index in [1.165, 1.54) is 6.08 Å². The van der Waals surface area contributed by atoms with Gasteiger partial charge in [-0.15, -0.1) is 0 Å². The number of carboxylic acid groups (broad SMARTS) is 1. The first kappa shape index (κ1) is 13.0. The number of carbonyl (C=O) groups excluding carboxylic acids is 1. The molecule has 1 saturated carbocycles. The summed E-state index contributed by atoms with van der Waals surface area (Å²) in [5, 5.41) is 8.99. The lowest BCUT2D eigenvalue weighted by Gasteiger charge is -2.11. The molecule has 90 valence electrons. The summed E-state index contributed by atoms with van der Waals surface area (Å²) < 4.78 is 4.69. The van der Waals surface area contributed by atoms with Gasteiger partial charge in [0.1, 0.15) is 5.03 Å². The lowest BCUT2D eigenvalue weighted by molar-refractivity contribution is -0.142. The first-order chi connectivity index (χ1) is 7.27. The summed E-state index contributed by atoms with van der Waals surface area (Å²) in [6.45, 7) is 5.53. The number of esters is 1. The van der Waals surface area contributed by atoms with Crippen LogP contribution >= 0.6 is 11.6 Å². The van der Waals surface area contributed by atoms with E-state index >= 15 is 0 Å². The molecular weight excluding hydrogens is 232 g/mol. The molecule has 4 nitrogen and oxygen atoms in total. The summed E-state index contributed by atoms with van der Waals surface area (Å²) in [5.41, 5.74) is -1.40. The first-order valence-corrected chi connectivity index (χ1v) is 5.43. The minimum atomic E-state index is -1.03. The SMILES string of the molecule is CCOC(=O)C(Cl)=C[C@]1(C(=O)O)CC1(C)C. The van der Waals surface area contributed by atoms with Gasteiger partial charge in [-0.1, -0.05) is 25.4 Å². The molecule has 16 heavy (non-hydrogen) atoms. The number of hydrogen-bond acceptors (Lipinski definition) is 3. The monoisotopic (exact) mass is 246 g/mol. The van der Waals surface area contributed by atoms with Crippen LogP contribution in [0, 0.1) is 10.8 Å². The quantitative estimate of drug-likeness (QED) is 0.610. The van der Waals surface area contributed by atoms with E-state index in [1.807, 2.05) is 13.8 Å². The number of halogens is 1. The topological polar surface area (TPSA) is 63.6 Å². The molecule has 1 N–H and O–H groups in total. The van der Waals surface area contributed by atoms with E-state index < -0.39 is 17.4 Å². The second kappa shape index (κ2) is 4.09. The van der Waals surface area contributed by atoms with Gasteiger partial charge in [-0.25, -0.2) is 4.79 Å². The van der Waals surface area contributed by atoms with Crippen LogP contribution in [0.1, 0.15) is 27.2 Å². The Morgan fingerprint density at radius 3 is 2.31 bits per heavy atom. The standard InChI is InChI=1S/C11H15ClO4/c1-4-16-8(13)7(12)5-11(9(14)15)6-10(11,2)3/h5H,4,6H2,1-3H3,(H,14,15)/t11-/m1/s1. The zero-order chi connectivity index (χ0) is 12.6. The largest absolute Gasteiger partial charge is 0.481 e. The number of carboxylic acids is 1.